The lowest BCUT2D eigenvalue weighted by atomic mass is 9.62. The molecule has 1 heterocycles. The van der Waals surface area contributed by atoms with Crippen LogP contribution in [-0.4, -0.2) is 30.7 Å². The Labute approximate surface area is 135 Å². The van der Waals surface area contributed by atoms with E-state index in [1.54, 1.807) is 0 Å². The summed E-state index contributed by atoms with van der Waals surface area (Å²) in [5, 5.41) is 10.3. The molecule has 0 radical (unpaired) electrons. The molecule has 22 heavy (non-hydrogen) atoms. The predicted molar refractivity (Wildman–Crippen MR) is 88.1 cm³/mol. The molecule has 1 aliphatic heterocycles. The highest BCUT2D eigenvalue weighted by Crippen LogP contribution is 2.46. The zero-order chi connectivity index (χ0) is 16.1. The molecule has 0 aromatic heterocycles. The fourth-order valence-electron chi connectivity index (χ4n) is 4.41. The van der Waals surface area contributed by atoms with E-state index < -0.39 is 6.29 Å². The number of aliphatic hydroxyl groups excluding tert-OH is 1. The summed E-state index contributed by atoms with van der Waals surface area (Å²) in [6, 6.07) is 0. The second-order valence-electron chi connectivity index (χ2n) is 7.34. The predicted octanol–water partition coefficient (Wildman–Crippen LogP) is 3.46. The van der Waals surface area contributed by atoms with Crippen molar-refractivity contribution in [2.45, 2.75) is 65.3 Å². The van der Waals surface area contributed by atoms with Gasteiger partial charge in [0.2, 0.25) is 0 Å². The van der Waals surface area contributed by atoms with Gasteiger partial charge in [-0.3, -0.25) is 0 Å². The van der Waals surface area contributed by atoms with Crippen molar-refractivity contribution in [1.82, 2.24) is 0 Å². The summed E-state index contributed by atoms with van der Waals surface area (Å²) in [6.07, 6.45) is 10.3. The third-order valence-corrected chi connectivity index (χ3v) is 5.93. The molecule has 0 aromatic carbocycles. The molecule has 1 N–H and O–H groups in total. The molecule has 2 fully saturated rings. The zero-order valence-electron chi connectivity index (χ0n) is 14.3. The van der Waals surface area contributed by atoms with E-state index in [1.165, 1.54) is 12.8 Å². The van der Waals surface area contributed by atoms with Crippen LogP contribution < -0.4 is 0 Å². The number of terminal acetylenes is 1. The number of rotatable bonds is 5. The average molecular weight is 308 g/mol. The maximum atomic E-state index is 10.3. The number of hydrogen-bond donors (Lipinski definition) is 1. The van der Waals surface area contributed by atoms with Gasteiger partial charge in [-0.25, -0.2) is 0 Å². The van der Waals surface area contributed by atoms with Crippen molar-refractivity contribution in [2.75, 3.05) is 13.2 Å². The van der Waals surface area contributed by atoms with Gasteiger partial charge in [0.15, 0.2) is 6.29 Å². The van der Waals surface area contributed by atoms with Crippen LogP contribution in [0, 0.1) is 41.9 Å². The van der Waals surface area contributed by atoms with Gasteiger partial charge in [-0.05, 0) is 49.9 Å². The van der Waals surface area contributed by atoms with Crippen LogP contribution in [0.4, 0.5) is 0 Å². The summed E-state index contributed by atoms with van der Waals surface area (Å²) in [6.45, 7) is 7.95. The summed E-state index contributed by atoms with van der Waals surface area (Å²) >= 11 is 0. The molecule has 1 saturated heterocycles. The molecule has 0 spiro atoms. The topological polar surface area (TPSA) is 38.7 Å². The first-order valence-corrected chi connectivity index (χ1v) is 8.89. The monoisotopic (exact) mass is 308 g/mol. The Morgan fingerprint density at radius 3 is 2.73 bits per heavy atom. The van der Waals surface area contributed by atoms with Crippen LogP contribution in [-0.2, 0) is 9.47 Å². The van der Waals surface area contributed by atoms with Crippen molar-refractivity contribution in [2.24, 2.45) is 29.6 Å². The van der Waals surface area contributed by atoms with Crippen LogP contribution in [0.25, 0.3) is 0 Å². The second-order valence-corrected chi connectivity index (χ2v) is 7.34. The van der Waals surface area contributed by atoms with Gasteiger partial charge in [0.05, 0.1) is 19.3 Å². The fourth-order valence-corrected chi connectivity index (χ4v) is 4.41. The fraction of sp³-hybridized carbons (Fsp3) is 0.895. The summed E-state index contributed by atoms with van der Waals surface area (Å²) in [5.41, 5.74) is 0. The molecule has 2 aliphatic rings. The van der Waals surface area contributed by atoms with Crippen LogP contribution in [0.3, 0.4) is 0 Å². The first kappa shape index (κ1) is 17.8. The molecule has 0 bridgehead atoms. The van der Waals surface area contributed by atoms with Crippen molar-refractivity contribution >= 4 is 0 Å². The normalized spacial score (nSPS) is 38.4. The van der Waals surface area contributed by atoms with Crippen molar-refractivity contribution in [3.8, 4) is 12.3 Å². The number of aliphatic hydroxyl groups is 1. The van der Waals surface area contributed by atoms with Crippen molar-refractivity contribution in [3.05, 3.63) is 0 Å². The highest BCUT2D eigenvalue weighted by atomic mass is 16.6. The Balaban J connectivity index is 2.00. The van der Waals surface area contributed by atoms with E-state index in [0.29, 0.717) is 31.0 Å². The molecule has 0 aromatic rings. The summed E-state index contributed by atoms with van der Waals surface area (Å²) in [7, 11) is 0. The molecular weight excluding hydrogens is 276 g/mol. The standard InChI is InChI=1S/C19H32O3/c1-5-6-11-21-19(20)15(4)17-9-7-13(2)16-10-8-14(3)22-12-18(16)17/h1,13-20H,6-12H2,2-4H3/t13-,14?,15?,16+,17?,18?,19+/m1/s1. The van der Waals surface area contributed by atoms with Gasteiger partial charge in [-0.15, -0.1) is 12.3 Å². The van der Waals surface area contributed by atoms with E-state index in [-0.39, 0.29) is 5.92 Å². The number of fused-ring (bicyclic) bond motifs is 1. The van der Waals surface area contributed by atoms with E-state index in [9.17, 15) is 5.11 Å². The van der Waals surface area contributed by atoms with Crippen LogP contribution in [0.15, 0.2) is 0 Å². The molecule has 1 aliphatic carbocycles. The minimum absolute atomic E-state index is 0.134. The van der Waals surface area contributed by atoms with Crippen LogP contribution in [0.5, 0.6) is 0 Å². The molecule has 0 amide bonds. The number of ether oxygens (including phenoxy) is 2. The SMILES string of the molecule is C#CCCO[C@H](O)C(C)C1CC[C@@H](C)[C@@H]2CCC(C)OCC12. The van der Waals surface area contributed by atoms with Crippen molar-refractivity contribution in [1.29, 1.82) is 0 Å². The Hall–Kier alpha value is -0.560. The molecule has 126 valence electrons. The third kappa shape index (κ3) is 4.25. The maximum absolute atomic E-state index is 10.3. The molecular formula is C19H32O3. The van der Waals surface area contributed by atoms with Gasteiger partial charge >= 0.3 is 0 Å². The Morgan fingerprint density at radius 1 is 1.23 bits per heavy atom. The smallest absolute Gasteiger partial charge is 0.157 e. The van der Waals surface area contributed by atoms with E-state index in [1.807, 2.05) is 0 Å². The van der Waals surface area contributed by atoms with Gasteiger partial charge in [-0.2, -0.15) is 0 Å². The van der Waals surface area contributed by atoms with Gasteiger partial charge in [0.25, 0.3) is 0 Å². The molecule has 7 atom stereocenters. The van der Waals surface area contributed by atoms with Crippen LogP contribution in [0.1, 0.15) is 52.9 Å². The first-order valence-electron chi connectivity index (χ1n) is 8.89. The lowest BCUT2D eigenvalue weighted by molar-refractivity contribution is -0.156. The molecule has 1 saturated carbocycles. The summed E-state index contributed by atoms with van der Waals surface area (Å²) in [5.74, 6) is 5.20. The molecule has 3 nitrogen and oxygen atoms in total. The van der Waals surface area contributed by atoms with E-state index in [4.69, 9.17) is 15.9 Å². The summed E-state index contributed by atoms with van der Waals surface area (Å²) in [4.78, 5) is 0. The van der Waals surface area contributed by atoms with E-state index in [2.05, 4.69) is 26.7 Å². The molecule has 2 rings (SSSR count). The van der Waals surface area contributed by atoms with Crippen LogP contribution in [0.2, 0.25) is 0 Å². The highest BCUT2D eigenvalue weighted by molar-refractivity contribution is 4.90. The van der Waals surface area contributed by atoms with Crippen molar-refractivity contribution < 1.29 is 14.6 Å². The Morgan fingerprint density at radius 2 is 2.00 bits per heavy atom. The van der Waals surface area contributed by atoms with E-state index >= 15 is 0 Å². The Kier molecular flexibility index (Phi) is 6.74. The van der Waals surface area contributed by atoms with Crippen molar-refractivity contribution in [3.63, 3.8) is 0 Å². The first-order chi connectivity index (χ1) is 10.5. The highest BCUT2D eigenvalue weighted by Gasteiger charge is 2.42. The van der Waals surface area contributed by atoms with Gasteiger partial charge < -0.3 is 14.6 Å². The van der Waals surface area contributed by atoms with Gasteiger partial charge in [0, 0.05) is 12.3 Å². The minimum atomic E-state index is -0.715. The zero-order valence-corrected chi connectivity index (χ0v) is 14.3. The third-order valence-electron chi connectivity index (χ3n) is 5.93. The maximum Gasteiger partial charge on any atom is 0.157 e. The Bertz CT molecular complexity index is 375. The number of hydrogen-bond acceptors (Lipinski definition) is 3. The van der Waals surface area contributed by atoms with Gasteiger partial charge in [0.1, 0.15) is 0 Å². The minimum Gasteiger partial charge on any atom is -0.378 e. The van der Waals surface area contributed by atoms with E-state index in [0.717, 1.165) is 31.3 Å². The average Bonchev–Trinajstić information content (AvgIpc) is 2.70. The van der Waals surface area contributed by atoms with Crippen LogP contribution >= 0.6 is 0 Å². The lowest BCUT2D eigenvalue weighted by Crippen LogP contribution is -2.42. The second kappa shape index (κ2) is 8.34. The molecule has 3 heteroatoms. The quantitative estimate of drug-likeness (QED) is 0.480. The largest absolute Gasteiger partial charge is 0.378 e. The lowest BCUT2D eigenvalue weighted by Gasteiger charge is -2.44. The molecule has 4 unspecified atom stereocenters. The van der Waals surface area contributed by atoms with Gasteiger partial charge in [-0.1, -0.05) is 20.3 Å². The summed E-state index contributed by atoms with van der Waals surface area (Å²) < 4.78 is 11.6.